The van der Waals surface area contributed by atoms with Crippen LogP contribution < -0.4 is 0 Å². The molecule has 1 fully saturated rings. The van der Waals surface area contributed by atoms with Crippen LogP contribution in [-0.4, -0.2) is 59.8 Å². The maximum absolute atomic E-state index is 12.9. The van der Waals surface area contributed by atoms with Crippen LogP contribution in [0.25, 0.3) is 0 Å². The van der Waals surface area contributed by atoms with Crippen LogP contribution in [0.2, 0.25) is 0 Å². The first-order valence-electron chi connectivity index (χ1n) is 11.0. The van der Waals surface area contributed by atoms with Crippen LogP contribution in [0.15, 0.2) is 33.7 Å². The molecule has 1 aliphatic heterocycles. The van der Waals surface area contributed by atoms with E-state index in [1.807, 2.05) is 12.1 Å². The van der Waals surface area contributed by atoms with Crippen molar-refractivity contribution >= 4 is 15.9 Å². The molecule has 2 heterocycles. The highest BCUT2D eigenvalue weighted by atomic mass is 32.2. The van der Waals surface area contributed by atoms with Crippen molar-refractivity contribution in [1.82, 2.24) is 19.3 Å². The molecule has 1 aromatic carbocycles. The number of sulfonamides is 1. The van der Waals surface area contributed by atoms with Crippen molar-refractivity contribution in [3.05, 3.63) is 41.5 Å². The Morgan fingerprint density at radius 2 is 1.77 bits per heavy atom. The van der Waals surface area contributed by atoms with Gasteiger partial charge in [0.2, 0.25) is 21.8 Å². The Balaban J connectivity index is 1.47. The van der Waals surface area contributed by atoms with Crippen molar-refractivity contribution < 1.29 is 17.7 Å². The minimum atomic E-state index is -3.54. The van der Waals surface area contributed by atoms with E-state index in [0.29, 0.717) is 68.0 Å². The van der Waals surface area contributed by atoms with E-state index in [2.05, 4.69) is 30.9 Å². The van der Waals surface area contributed by atoms with Gasteiger partial charge in [0.1, 0.15) is 0 Å². The van der Waals surface area contributed by atoms with Crippen molar-refractivity contribution in [2.45, 2.75) is 63.7 Å². The Hall–Kier alpha value is -2.26. The lowest BCUT2D eigenvalue weighted by Gasteiger charge is -2.34. The Labute approximate surface area is 184 Å². The van der Waals surface area contributed by atoms with Crippen LogP contribution in [0.4, 0.5) is 0 Å². The largest absolute Gasteiger partial charge is 0.340 e. The Morgan fingerprint density at radius 1 is 1.10 bits per heavy atom. The molecule has 3 rings (SSSR count). The fourth-order valence-electron chi connectivity index (χ4n) is 3.62. The van der Waals surface area contributed by atoms with Crippen LogP contribution in [-0.2, 0) is 27.7 Å². The van der Waals surface area contributed by atoms with Crippen LogP contribution >= 0.6 is 0 Å². The van der Waals surface area contributed by atoms with E-state index in [4.69, 9.17) is 4.52 Å². The second-order valence-corrected chi connectivity index (χ2v) is 10.2. The number of aryl methyl sites for hydroxylation is 2. The summed E-state index contributed by atoms with van der Waals surface area (Å²) in [4.78, 5) is 18.9. The summed E-state index contributed by atoms with van der Waals surface area (Å²) in [6.45, 7) is 7.64. The van der Waals surface area contributed by atoms with Gasteiger partial charge < -0.3 is 9.42 Å². The number of hydrogen-bond donors (Lipinski definition) is 0. The summed E-state index contributed by atoms with van der Waals surface area (Å²) in [7, 11) is -3.54. The molecule has 9 heteroatoms. The number of nitrogens with zero attached hydrogens (tertiary/aromatic N) is 4. The second-order valence-electron chi connectivity index (χ2n) is 8.22. The van der Waals surface area contributed by atoms with Crippen molar-refractivity contribution in [3.8, 4) is 0 Å². The van der Waals surface area contributed by atoms with Crippen molar-refractivity contribution in [2.24, 2.45) is 0 Å². The minimum Gasteiger partial charge on any atom is -0.340 e. The highest BCUT2D eigenvalue weighted by molar-refractivity contribution is 7.89. The van der Waals surface area contributed by atoms with Gasteiger partial charge in [-0.3, -0.25) is 4.79 Å². The number of carbonyl (C=O) groups is 1. The van der Waals surface area contributed by atoms with E-state index in [-0.39, 0.29) is 5.91 Å². The lowest BCUT2D eigenvalue weighted by molar-refractivity contribution is -0.132. The number of rotatable bonds is 9. The molecule has 0 atom stereocenters. The normalized spacial score (nSPS) is 15.5. The van der Waals surface area contributed by atoms with E-state index in [1.165, 1.54) is 4.31 Å². The maximum Gasteiger partial charge on any atom is 0.243 e. The number of hydrogen-bond acceptors (Lipinski definition) is 6. The van der Waals surface area contributed by atoms with Gasteiger partial charge in [-0.05, 0) is 36.5 Å². The molecule has 2 aromatic rings. The standard InChI is InChI=1S/C22H32N4O4S/c1-4-6-20-23-21(30-24-20)7-5-8-22(27)25-13-15-26(16-14-25)31(28,29)19-11-9-18(10-12-19)17(2)3/h9-12,17H,4-8,13-16H2,1-3H3. The van der Waals surface area contributed by atoms with E-state index in [9.17, 15) is 13.2 Å². The third-order valence-electron chi connectivity index (χ3n) is 5.54. The van der Waals surface area contributed by atoms with Gasteiger partial charge in [0.15, 0.2) is 5.82 Å². The quantitative estimate of drug-likeness (QED) is 0.585. The molecule has 1 aliphatic rings. The Morgan fingerprint density at radius 3 is 2.39 bits per heavy atom. The molecule has 0 spiro atoms. The smallest absolute Gasteiger partial charge is 0.243 e. The second kappa shape index (κ2) is 10.4. The SMILES string of the molecule is CCCc1noc(CCCC(=O)N2CCN(S(=O)(=O)c3ccc(C(C)C)cc3)CC2)n1. The fourth-order valence-corrected chi connectivity index (χ4v) is 5.04. The van der Waals surface area contributed by atoms with Gasteiger partial charge in [-0.2, -0.15) is 9.29 Å². The number of aromatic nitrogens is 2. The maximum atomic E-state index is 12.9. The zero-order chi connectivity index (χ0) is 22.4. The molecule has 1 aromatic heterocycles. The third kappa shape index (κ3) is 5.92. The van der Waals surface area contributed by atoms with Crippen LogP contribution in [0.1, 0.15) is 63.2 Å². The molecule has 1 saturated heterocycles. The molecule has 170 valence electrons. The molecule has 31 heavy (non-hydrogen) atoms. The molecular weight excluding hydrogens is 416 g/mol. The predicted octanol–water partition coefficient (Wildman–Crippen LogP) is 3.00. The average molecular weight is 449 g/mol. The lowest BCUT2D eigenvalue weighted by atomic mass is 10.0. The van der Waals surface area contributed by atoms with E-state index >= 15 is 0 Å². The van der Waals surface area contributed by atoms with Crippen molar-refractivity contribution in [3.63, 3.8) is 0 Å². The van der Waals surface area contributed by atoms with Crippen molar-refractivity contribution in [1.29, 1.82) is 0 Å². The predicted molar refractivity (Wildman–Crippen MR) is 117 cm³/mol. The summed E-state index contributed by atoms with van der Waals surface area (Å²) in [5.74, 6) is 1.66. The zero-order valence-corrected chi connectivity index (χ0v) is 19.4. The number of benzene rings is 1. The van der Waals surface area contributed by atoms with Crippen LogP contribution in [0, 0.1) is 0 Å². The molecule has 8 nitrogen and oxygen atoms in total. The Bertz CT molecular complexity index is 962. The van der Waals surface area contributed by atoms with Gasteiger partial charge in [-0.25, -0.2) is 8.42 Å². The summed E-state index contributed by atoms with van der Waals surface area (Å²) in [6, 6.07) is 7.08. The summed E-state index contributed by atoms with van der Waals surface area (Å²) >= 11 is 0. The van der Waals surface area contributed by atoms with Gasteiger partial charge in [0.25, 0.3) is 0 Å². The topological polar surface area (TPSA) is 96.6 Å². The summed E-state index contributed by atoms with van der Waals surface area (Å²) in [5, 5.41) is 3.92. The summed E-state index contributed by atoms with van der Waals surface area (Å²) in [5.41, 5.74) is 1.11. The average Bonchev–Trinajstić information content (AvgIpc) is 3.21. The highest BCUT2D eigenvalue weighted by Gasteiger charge is 2.30. The van der Waals surface area contributed by atoms with E-state index < -0.39 is 10.0 Å². The molecule has 0 N–H and O–H groups in total. The van der Waals surface area contributed by atoms with Gasteiger partial charge >= 0.3 is 0 Å². The summed E-state index contributed by atoms with van der Waals surface area (Å²) in [6.07, 6.45) is 3.34. The molecular formula is C22H32N4O4S. The van der Waals surface area contributed by atoms with Crippen molar-refractivity contribution in [2.75, 3.05) is 26.2 Å². The molecule has 0 aliphatic carbocycles. The molecule has 0 bridgehead atoms. The first kappa shape index (κ1) is 23.4. The monoisotopic (exact) mass is 448 g/mol. The first-order chi connectivity index (χ1) is 14.8. The van der Waals surface area contributed by atoms with E-state index in [1.54, 1.807) is 17.0 Å². The highest BCUT2D eigenvalue weighted by Crippen LogP contribution is 2.21. The van der Waals surface area contributed by atoms with E-state index in [0.717, 1.165) is 18.4 Å². The number of amides is 1. The summed E-state index contributed by atoms with van der Waals surface area (Å²) < 4.78 is 32.5. The molecule has 1 amide bonds. The molecule has 0 radical (unpaired) electrons. The lowest BCUT2D eigenvalue weighted by Crippen LogP contribution is -2.50. The molecule has 0 unspecified atom stereocenters. The minimum absolute atomic E-state index is 0.0339. The fraction of sp³-hybridized carbons (Fsp3) is 0.591. The number of piperazine rings is 1. The Kier molecular flexibility index (Phi) is 7.83. The van der Waals surface area contributed by atoms with Crippen LogP contribution in [0.5, 0.6) is 0 Å². The van der Waals surface area contributed by atoms with Gasteiger partial charge in [0, 0.05) is 45.4 Å². The molecule has 0 saturated carbocycles. The number of carbonyl (C=O) groups excluding carboxylic acids is 1. The first-order valence-corrected chi connectivity index (χ1v) is 12.4. The third-order valence-corrected chi connectivity index (χ3v) is 7.45. The zero-order valence-electron chi connectivity index (χ0n) is 18.6. The van der Waals surface area contributed by atoms with Gasteiger partial charge in [-0.1, -0.05) is 38.1 Å². The van der Waals surface area contributed by atoms with Crippen LogP contribution in [0.3, 0.4) is 0 Å². The van der Waals surface area contributed by atoms with Gasteiger partial charge in [0.05, 0.1) is 4.90 Å². The van der Waals surface area contributed by atoms with Gasteiger partial charge in [-0.15, -0.1) is 0 Å².